The van der Waals surface area contributed by atoms with Crippen molar-refractivity contribution in [2.24, 2.45) is 0 Å². The number of carbonyl (C=O) groups is 1. The van der Waals surface area contributed by atoms with E-state index in [1.54, 1.807) is 24.3 Å². The van der Waals surface area contributed by atoms with Crippen molar-refractivity contribution in [1.82, 2.24) is 0 Å². The molecule has 1 heterocycles. The van der Waals surface area contributed by atoms with Crippen molar-refractivity contribution in [3.63, 3.8) is 0 Å². The fourth-order valence-corrected chi connectivity index (χ4v) is 1.46. The number of furan rings is 1. The molecule has 0 fully saturated rings. The molecule has 0 bridgehead atoms. The van der Waals surface area contributed by atoms with E-state index in [0.717, 1.165) is 0 Å². The molecule has 0 aliphatic heterocycles. The molecule has 0 radical (unpaired) electrons. The monoisotopic (exact) mass is 252 g/mol. The van der Waals surface area contributed by atoms with Gasteiger partial charge in [0.1, 0.15) is 24.4 Å². The minimum absolute atomic E-state index is 0.106. The molecule has 17 heavy (non-hydrogen) atoms. The summed E-state index contributed by atoms with van der Waals surface area (Å²) in [6.45, 7) is 0.160. The van der Waals surface area contributed by atoms with Gasteiger partial charge in [0.25, 0.3) is 0 Å². The van der Waals surface area contributed by atoms with E-state index < -0.39 is 5.97 Å². The third-order valence-electron chi connectivity index (χ3n) is 2.08. The Morgan fingerprint density at radius 2 is 2.24 bits per heavy atom. The molecular weight excluding hydrogens is 244 g/mol. The maximum absolute atomic E-state index is 10.6. The van der Waals surface area contributed by atoms with Crippen molar-refractivity contribution in [2.45, 2.75) is 6.61 Å². The second kappa shape index (κ2) is 4.93. The summed E-state index contributed by atoms with van der Waals surface area (Å²) < 4.78 is 10.4. The van der Waals surface area contributed by atoms with Crippen LogP contribution in [0.1, 0.15) is 16.1 Å². The van der Waals surface area contributed by atoms with Gasteiger partial charge in [-0.2, -0.15) is 0 Å². The van der Waals surface area contributed by atoms with E-state index in [4.69, 9.17) is 25.9 Å². The third kappa shape index (κ3) is 3.01. The van der Waals surface area contributed by atoms with Gasteiger partial charge < -0.3 is 14.3 Å². The van der Waals surface area contributed by atoms with Gasteiger partial charge in [-0.15, -0.1) is 0 Å². The third-order valence-corrected chi connectivity index (χ3v) is 2.31. The predicted molar refractivity (Wildman–Crippen MR) is 61.5 cm³/mol. The van der Waals surface area contributed by atoms with Crippen LogP contribution >= 0.6 is 11.6 Å². The van der Waals surface area contributed by atoms with Crippen LogP contribution < -0.4 is 4.74 Å². The molecule has 0 atom stereocenters. The Kier molecular flexibility index (Phi) is 3.35. The van der Waals surface area contributed by atoms with Crippen molar-refractivity contribution in [3.8, 4) is 5.75 Å². The fraction of sp³-hybridized carbons (Fsp3) is 0.0833. The van der Waals surface area contributed by atoms with E-state index in [2.05, 4.69) is 0 Å². The van der Waals surface area contributed by atoms with E-state index in [1.165, 1.54) is 12.3 Å². The summed E-state index contributed by atoms with van der Waals surface area (Å²) in [7, 11) is 0. The summed E-state index contributed by atoms with van der Waals surface area (Å²) in [4.78, 5) is 10.6. The molecule has 5 heteroatoms. The molecule has 4 nitrogen and oxygen atoms in total. The lowest BCUT2D eigenvalue weighted by atomic mass is 10.3. The molecular formula is C12H9ClO4. The summed E-state index contributed by atoms with van der Waals surface area (Å²) in [5.74, 6) is 0.0240. The molecule has 2 aromatic rings. The molecule has 1 aromatic heterocycles. The van der Waals surface area contributed by atoms with Gasteiger partial charge in [-0.25, -0.2) is 4.79 Å². The number of hydrogen-bond acceptors (Lipinski definition) is 3. The fourth-order valence-electron chi connectivity index (χ4n) is 1.28. The van der Waals surface area contributed by atoms with Crippen molar-refractivity contribution in [1.29, 1.82) is 0 Å². The van der Waals surface area contributed by atoms with Crippen LogP contribution in [0.4, 0.5) is 0 Å². The number of hydrogen-bond donors (Lipinski definition) is 1. The molecule has 0 spiro atoms. The van der Waals surface area contributed by atoms with Gasteiger partial charge in [-0.05, 0) is 24.3 Å². The summed E-state index contributed by atoms with van der Waals surface area (Å²) in [5.41, 5.74) is 0.106. The molecule has 0 saturated carbocycles. The van der Waals surface area contributed by atoms with Gasteiger partial charge in [-0.1, -0.05) is 17.7 Å². The van der Waals surface area contributed by atoms with Crippen molar-refractivity contribution < 1.29 is 19.1 Å². The van der Waals surface area contributed by atoms with E-state index in [9.17, 15) is 4.79 Å². The number of aromatic carboxylic acids is 1. The summed E-state index contributed by atoms with van der Waals surface area (Å²) in [6.07, 6.45) is 1.18. The first kappa shape index (κ1) is 11.5. The second-order valence-corrected chi connectivity index (χ2v) is 3.79. The van der Waals surface area contributed by atoms with Crippen LogP contribution in [0.25, 0.3) is 0 Å². The highest BCUT2D eigenvalue weighted by molar-refractivity contribution is 6.30. The Balaban J connectivity index is 2.00. The van der Waals surface area contributed by atoms with Crippen molar-refractivity contribution in [3.05, 3.63) is 52.9 Å². The molecule has 0 amide bonds. The second-order valence-electron chi connectivity index (χ2n) is 3.35. The van der Waals surface area contributed by atoms with Crippen LogP contribution in [0.15, 0.2) is 41.0 Å². The van der Waals surface area contributed by atoms with Crippen molar-refractivity contribution >= 4 is 17.6 Å². The zero-order valence-electron chi connectivity index (χ0n) is 8.72. The maximum Gasteiger partial charge on any atom is 0.338 e. The van der Waals surface area contributed by atoms with Crippen LogP contribution in [0.3, 0.4) is 0 Å². The highest BCUT2D eigenvalue weighted by atomic mass is 35.5. The molecule has 88 valence electrons. The van der Waals surface area contributed by atoms with Crippen molar-refractivity contribution in [2.75, 3.05) is 0 Å². The minimum atomic E-state index is -1.03. The number of rotatable bonds is 4. The molecule has 0 unspecified atom stereocenters. The van der Waals surface area contributed by atoms with Gasteiger partial charge in [-0.3, -0.25) is 0 Å². The highest BCUT2D eigenvalue weighted by Crippen LogP contribution is 2.19. The number of ether oxygens (including phenoxy) is 1. The van der Waals surface area contributed by atoms with E-state index >= 15 is 0 Å². The Morgan fingerprint density at radius 1 is 1.41 bits per heavy atom. The summed E-state index contributed by atoms with van der Waals surface area (Å²) >= 11 is 5.79. The molecule has 0 aliphatic rings. The van der Waals surface area contributed by atoms with E-state index in [1.807, 2.05) is 0 Å². The quantitative estimate of drug-likeness (QED) is 0.908. The van der Waals surface area contributed by atoms with Crippen LogP contribution in [-0.2, 0) is 6.61 Å². The van der Waals surface area contributed by atoms with Gasteiger partial charge >= 0.3 is 5.97 Å². The molecule has 0 saturated heterocycles. The van der Waals surface area contributed by atoms with E-state index in [-0.39, 0.29) is 12.2 Å². The first-order chi connectivity index (χ1) is 8.15. The Bertz CT molecular complexity index is 533. The smallest absolute Gasteiger partial charge is 0.338 e. The Labute approximate surface area is 102 Å². The highest BCUT2D eigenvalue weighted by Gasteiger charge is 2.08. The normalized spacial score (nSPS) is 10.2. The van der Waals surface area contributed by atoms with Gasteiger partial charge in [0.2, 0.25) is 0 Å². The largest absolute Gasteiger partial charge is 0.486 e. The van der Waals surface area contributed by atoms with Crippen LogP contribution in [0.2, 0.25) is 5.02 Å². The first-order valence-corrected chi connectivity index (χ1v) is 5.22. The average molecular weight is 253 g/mol. The standard InChI is InChI=1S/C12H9ClO4/c13-9-2-1-3-10(5-9)17-7-11-4-8(6-16-11)12(14)15/h1-6H,7H2,(H,14,15). The number of carboxylic acid groups (broad SMARTS) is 1. The number of carboxylic acids is 1. The lowest BCUT2D eigenvalue weighted by Crippen LogP contribution is -1.95. The summed E-state index contributed by atoms with van der Waals surface area (Å²) in [6, 6.07) is 8.36. The number of benzene rings is 1. The summed E-state index contributed by atoms with van der Waals surface area (Å²) in [5, 5.41) is 9.28. The maximum atomic E-state index is 10.6. The molecule has 1 N–H and O–H groups in total. The first-order valence-electron chi connectivity index (χ1n) is 4.84. The zero-order valence-corrected chi connectivity index (χ0v) is 9.48. The Hall–Kier alpha value is -1.94. The average Bonchev–Trinajstić information content (AvgIpc) is 2.75. The lowest BCUT2D eigenvalue weighted by Gasteiger charge is -2.03. The topological polar surface area (TPSA) is 59.7 Å². The van der Waals surface area contributed by atoms with Gasteiger partial charge in [0.15, 0.2) is 0 Å². The number of halogens is 1. The molecule has 2 rings (SSSR count). The Morgan fingerprint density at radius 3 is 2.88 bits per heavy atom. The van der Waals surface area contributed by atoms with Crippen LogP contribution in [0, 0.1) is 0 Å². The SMILES string of the molecule is O=C(O)c1coc(COc2cccc(Cl)c2)c1. The predicted octanol–water partition coefficient (Wildman–Crippen LogP) is 3.21. The molecule has 0 aliphatic carbocycles. The minimum Gasteiger partial charge on any atom is -0.486 e. The van der Waals surface area contributed by atoms with Gasteiger partial charge in [0, 0.05) is 5.02 Å². The van der Waals surface area contributed by atoms with Crippen LogP contribution in [0.5, 0.6) is 5.75 Å². The van der Waals surface area contributed by atoms with Crippen LogP contribution in [-0.4, -0.2) is 11.1 Å². The lowest BCUT2D eigenvalue weighted by molar-refractivity contribution is 0.0696. The van der Waals surface area contributed by atoms with Gasteiger partial charge in [0.05, 0.1) is 5.56 Å². The van der Waals surface area contributed by atoms with E-state index in [0.29, 0.717) is 16.5 Å². The zero-order chi connectivity index (χ0) is 12.3. The molecule has 1 aromatic carbocycles.